The Morgan fingerprint density at radius 2 is 1.95 bits per heavy atom. The van der Waals surface area contributed by atoms with E-state index in [1.165, 1.54) is 12.8 Å². The van der Waals surface area contributed by atoms with Gasteiger partial charge in [0.2, 0.25) is 0 Å². The van der Waals surface area contributed by atoms with E-state index in [0.717, 1.165) is 12.8 Å². The fraction of sp³-hybridized carbons (Fsp3) is 0.562. The second-order valence-electron chi connectivity index (χ2n) is 5.34. The normalized spacial score (nSPS) is 21.7. The van der Waals surface area contributed by atoms with Crippen molar-refractivity contribution < 1.29 is 14.3 Å². The molecular formula is C16H22ClNO3. The summed E-state index contributed by atoms with van der Waals surface area (Å²) in [5, 5.41) is 3.14. The number of carbonyl (C=O) groups is 1. The molecule has 4 nitrogen and oxygen atoms in total. The highest BCUT2D eigenvalue weighted by molar-refractivity contribution is 6.20. The third-order valence-electron chi connectivity index (χ3n) is 3.99. The second-order valence-corrected chi connectivity index (χ2v) is 5.90. The molecule has 2 unspecified atom stereocenters. The highest BCUT2D eigenvalue weighted by atomic mass is 35.5. The number of ether oxygens (including phenoxy) is 2. The van der Waals surface area contributed by atoms with E-state index in [2.05, 4.69) is 5.32 Å². The van der Waals surface area contributed by atoms with Crippen LogP contribution in [0.3, 0.4) is 0 Å². The van der Waals surface area contributed by atoms with Crippen LogP contribution in [-0.2, 0) is 0 Å². The molecule has 1 fully saturated rings. The first-order valence-corrected chi connectivity index (χ1v) is 7.73. The lowest BCUT2D eigenvalue weighted by Crippen LogP contribution is -2.34. The summed E-state index contributed by atoms with van der Waals surface area (Å²) >= 11 is 6.31. The highest BCUT2D eigenvalue weighted by Gasteiger charge is 2.23. The highest BCUT2D eigenvalue weighted by Crippen LogP contribution is 2.29. The Balaban J connectivity index is 1.96. The minimum absolute atomic E-state index is 0.106. The molecule has 0 radical (unpaired) electrons. The number of nitrogens with one attached hydrogen (secondary N) is 1. The number of rotatable bonds is 5. The average Bonchev–Trinajstić information content (AvgIpc) is 2.53. The maximum Gasteiger partial charge on any atom is 0.251 e. The fourth-order valence-electron chi connectivity index (χ4n) is 2.70. The average molecular weight is 312 g/mol. The van der Waals surface area contributed by atoms with Crippen LogP contribution in [0.2, 0.25) is 0 Å². The van der Waals surface area contributed by atoms with Gasteiger partial charge in [-0.15, -0.1) is 11.6 Å². The zero-order valence-corrected chi connectivity index (χ0v) is 13.3. The first kappa shape index (κ1) is 16.0. The topological polar surface area (TPSA) is 47.6 Å². The van der Waals surface area contributed by atoms with Gasteiger partial charge in [-0.25, -0.2) is 0 Å². The van der Waals surface area contributed by atoms with Crippen molar-refractivity contribution in [2.45, 2.75) is 31.1 Å². The summed E-state index contributed by atoms with van der Waals surface area (Å²) in [4.78, 5) is 12.2. The summed E-state index contributed by atoms with van der Waals surface area (Å²) in [7, 11) is 3.13. The molecule has 1 saturated carbocycles. The van der Waals surface area contributed by atoms with E-state index in [-0.39, 0.29) is 11.3 Å². The molecule has 0 bridgehead atoms. The smallest absolute Gasteiger partial charge is 0.251 e. The number of hydrogen-bond donors (Lipinski definition) is 1. The molecule has 0 spiro atoms. The molecule has 0 saturated heterocycles. The van der Waals surface area contributed by atoms with Crippen LogP contribution in [0.15, 0.2) is 18.2 Å². The molecule has 1 aromatic carbocycles. The molecule has 1 N–H and O–H groups in total. The van der Waals surface area contributed by atoms with Crippen LogP contribution in [-0.4, -0.2) is 32.0 Å². The zero-order valence-electron chi connectivity index (χ0n) is 12.5. The van der Waals surface area contributed by atoms with Crippen LogP contribution in [0.4, 0.5) is 0 Å². The molecule has 116 valence electrons. The van der Waals surface area contributed by atoms with Crippen LogP contribution in [0, 0.1) is 5.92 Å². The molecule has 0 aromatic heterocycles. The van der Waals surface area contributed by atoms with Crippen LogP contribution in [0.5, 0.6) is 11.5 Å². The second kappa shape index (κ2) is 7.55. The van der Waals surface area contributed by atoms with E-state index in [0.29, 0.717) is 29.5 Å². The molecule has 21 heavy (non-hydrogen) atoms. The predicted octanol–water partition coefficient (Wildman–Crippen LogP) is 3.23. The summed E-state index contributed by atoms with van der Waals surface area (Å²) in [5.74, 6) is 1.43. The van der Waals surface area contributed by atoms with Gasteiger partial charge in [-0.1, -0.05) is 12.8 Å². The number of carbonyl (C=O) groups excluding carboxylic acids is 1. The molecule has 2 atom stereocenters. The van der Waals surface area contributed by atoms with E-state index in [1.54, 1.807) is 32.4 Å². The van der Waals surface area contributed by atoms with Gasteiger partial charge in [0.25, 0.3) is 5.91 Å². The maximum absolute atomic E-state index is 12.2. The summed E-state index contributed by atoms with van der Waals surface area (Å²) < 4.78 is 10.4. The monoisotopic (exact) mass is 311 g/mol. The molecule has 1 aliphatic carbocycles. The fourth-order valence-corrected chi connectivity index (χ4v) is 3.07. The molecule has 2 rings (SSSR count). The van der Waals surface area contributed by atoms with Gasteiger partial charge in [0.1, 0.15) is 0 Å². The lowest BCUT2D eigenvalue weighted by atomic mass is 9.88. The summed E-state index contributed by atoms with van der Waals surface area (Å²) in [6.45, 7) is 0.626. The largest absolute Gasteiger partial charge is 0.493 e. The van der Waals surface area contributed by atoms with Crippen LogP contribution >= 0.6 is 11.6 Å². The van der Waals surface area contributed by atoms with Gasteiger partial charge in [0, 0.05) is 17.5 Å². The molecular weight excluding hydrogens is 290 g/mol. The van der Waals surface area contributed by atoms with Crippen molar-refractivity contribution in [3.63, 3.8) is 0 Å². The Kier molecular flexibility index (Phi) is 5.74. The van der Waals surface area contributed by atoms with Gasteiger partial charge >= 0.3 is 0 Å². The molecule has 0 heterocycles. The van der Waals surface area contributed by atoms with Crippen molar-refractivity contribution in [1.82, 2.24) is 5.32 Å². The number of benzene rings is 1. The van der Waals surface area contributed by atoms with Crippen molar-refractivity contribution in [2.75, 3.05) is 20.8 Å². The number of methoxy groups -OCH3 is 2. The van der Waals surface area contributed by atoms with E-state index in [9.17, 15) is 4.79 Å². The van der Waals surface area contributed by atoms with Crippen molar-refractivity contribution in [2.24, 2.45) is 5.92 Å². The van der Waals surface area contributed by atoms with E-state index < -0.39 is 0 Å². The third kappa shape index (κ3) is 4.03. The van der Waals surface area contributed by atoms with E-state index in [4.69, 9.17) is 21.1 Å². The minimum Gasteiger partial charge on any atom is -0.493 e. The molecule has 1 aromatic rings. The summed E-state index contributed by atoms with van der Waals surface area (Å²) in [5.41, 5.74) is 0.564. The number of hydrogen-bond acceptors (Lipinski definition) is 3. The van der Waals surface area contributed by atoms with Crippen LogP contribution in [0.25, 0.3) is 0 Å². The SMILES string of the molecule is COc1ccc(C(=O)NCC2CCCCC2Cl)cc1OC. The van der Waals surface area contributed by atoms with E-state index in [1.807, 2.05) is 0 Å². The molecule has 1 amide bonds. The molecule has 1 aliphatic rings. The maximum atomic E-state index is 12.2. The summed E-state index contributed by atoms with van der Waals surface area (Å²) in [6.07, 6.45) is 4.51. The predicted molar refractivity (Wildman–Crippen MR) is 83.5 cm³/mol. The summed E-state index contributed by atoms with van der Waals surface area (Å²) in [6, 6.07) is 5.15. The van der Waals surface area contributed by atoms with Gasteiger partial charge in [-0.2, -0.15) is 0 Å². The van der Waals surface area contributed by atoms with Gasteiger partial charge in [-0.3, -0.25) is 4.79 Å². The quantitative estimate of drug-likeness (QED) is 0.849. The lowest BCUT2D eigenvalue weighted by Gasteiger charge is -2.27. The van der Waals surface area contributed by atoms with Crippen LogP contribution in [0.1, 0.15) is 36.0 Å². The molecule has 0 aliphatic heterocycles. The Bertz CT molecular complexity index is 492. The third-order valence-corrected chi connectivity index (χ3v) is 4.56. The van der Waals surface area contributed by atoms with Gasteiger partial charge < -0.3 is 14.8 Å². The van der Waals surface area contributed by atoms with Crippen molar-refractivity contribution in [1.29, 1.82) is 0 Å². The van der Waals surface area contributed by atoms with Crippen molar-refractivity contribution in [3.05, 3.63) is 23.8 Å². The van der Waals surface area contributed by atoms with Crippen molar-refractivity contribution in [3.8, 4) is 11.5 Å². The van der Waals surface area contributed by atoms with Crippen LogP contribution < -0.4 is 14.8 Å². The Morgan fingerprint density at radius 1 is 1.24 bits per heavy atom. The Morgan fingerprint density at radius 3 is 2.62 bits per heavy atom. The van der Waals surface area contributed by atoms with Gasteiger partial charge in [0.05, 0.1) is 14.2 Å². The minimum atomic E-state index is -0.106. The number of amides is 1. The lowest BCUT2D eigenvalue weighted by molar-refractivity contribution is 0.0943. The first-order chi connectivity index (χ1) is 10.2. The number of halogens is 1. The van der Waals surface area contributed by atoms with Gasteiger partial charge in [-0.05, 0) is 37.0 Å². The zero-order chi connectivity index (χ0) is 15.2. The molecule has 5 heteroatoms. The Labute approximate surface area is 130 Å². The van der Waals surface area contributed by atoms with Crippen molar-refractivity contribution >= 4 is 17.5 Å². The standard InChI is InChI=1S/C16H22ClNO3/c1-20-14-8-7-11(9-15(14)21-2)16(19)18-10-12-5-3-4-6-13(12)17/h7-9,12-13H,3-6,10H2,1-2H3,(H,18,19). The van der Waals surface area contributed by atoms with E-state index >= 15 is 0 Å². The first-order valence-electron chi connectivity index (χ1n) is 7.30. The number of alkyl halides is 1. The van der Waals surface area contributed by atoms with Gasteiger partial charge in [0.15, 0.2) is 11.5 Å². The Hall–Kier alpha value is -1.42.